The van der Waals surface area contributed by atoms with Crippen LogP contribution in [0.5, 0.6) is 0 Å². The molecule has 1 heterocycles. The lowest BCUT2D eigenvalue weighted by atomic mass is 10.0. The molecule has 1 unspecified atom stereocenters. The van der Waals surface area contributed by atoms with Crippen LogP contribution in [-0.4, -0.2) is 30.3 Å². The highest BCUT2D eigenvalue weighted by molar-refractivity contribution is 5.82. The fourth-order valence-electron chi connectivity index (χ4n) is 2.07. The molecule has 0 aromatic carbocycles. The lowest BCUT2D eigenvalue weighted by Gasteiger charge is -2.24. The van der Waals surface area contributed by atoms with E-state index in [1.54, 1.807) is 0 Å². The molecule has 0 spiro atoms. The highest BCUT2D eigenvalue weighted by atomic mass is 16.1. The predicted molar refractivity (Wildman–Crippen MR) is 64.0 cm³/mol. The monoisotopic (exact) mass is 211 g/mol. The summed E-state index contributed by atoms with van der Waals surface area (Å²) in [5.41, 5.74) is 0. The van der Waals surface area contributed by atoms with Gasteiger partial charge in [0, 0.05) is 5.92 Å². The van der Waals surface area contributed by atoms with Gasteiger partial charge in [0.25, 0.3) is 0 Å². The zero-order valence-electron chi connectivity index (χ0n) is 10.3. The maximum Gasteiger partial charge on any atom is 0.149 e. The molecule has 1 aliphatic heterocycles. The minimum atomic E-state index is 0.246. The number of carbonyl (C=O) groups is 1. The minimum absolute atomic E-state index is 0.246. The van der Waals surface area contributed by atoms with Crippen molar-refractivity contribution in [3.05, 3.63) is 0 Å². The Balaban J connectivity index is 2.31. The van der Waals surface area contributed by atoms with Gasteiger partial charge in [-0.3, -0.25) is 9.69 Å². The van der Waals surface area contributed by atoms with Crippen molar-refractivity contribution in [1.82, 2.24) is 4.90 Å². The molecule has 2 heteroatoms. The Labute approximate surface area is 94.0 Å². The maximum atomic E-state index is 11.8. The second-order valence-corrected chi connectivity index (χ2v) is 4.82. The minimum Gasteiger partial charge on any atom is -0.298 e. The Hall–Kier alpha value is -0.370. The standard InChI is InChI=1S/C13H25NO/c1-3-12(2)13(15)11-14-9-7-5-4-6-8-10-14/h12H,3-11H2,1-2H3. The van der Waals surface area contributed by atoms with Gasteiger partial charge < -0.3 is 0 Å². The van der Waals surface area contributed by atoms with Crippen molar-refractivity contribution in [1.29, 1.82) is 0 Å². The van der Waals surface area contributed by atoms with E-state index >= 15 is 0 Å². The molecule has 0 aromatic heterocycles. The van der Waals surface area contributed by atoms with Gasteiger partial charge in [-0.2, -0.15) is 0 Å². The second kappa shape index (κ2) is 7.00. The van der Waals surface area contributed by atoms with E-state index in [9.17, 15) is 4.79 Å². The molecule has 0 aliphatic carbocycles. The van der Waals surface area contributed by atoms with Crippen LogP contribution in [0.3, 0.4) is 0 Å². The topological polar surface area (TPSA) is 20.3 Å². The highest BCUT2D eigenvalue weighted by Gasteiger charge is 2.15. The molecule has 2 nitrogen and oxygen atoms in total. The lowest BCUT2D eigenvalue weighted by Crippen LogP contribution is -2.34. The fourth-order valence-corrected chi connectivity index (χ4v) is 2.07. The molecular formula is C13H25NO. The van der Waals surface area contributed by atoms with Crippen molar-refractivity contribution in [2.45, 2.75) is 52.4 Å². The Morgan fingerprint density at radius 1 is 1.13 bits per heavy atom. The van der Waals surface area contributed by atoms with Gasteiger partial charge >= 0.3 is 0 Å². The maximum absolute atomic E-state index is 11.8. The van der Waals surface area contributed by atoms with E-state index in [2.05, 4.69) is 11.8 Å². The molecule has 0 saturated carbocycles. The summed E-state index contributed by atoms with van der Waals surface area (Å²) in [6.07, 6.45) is 7.59. The van der Waals surface area contributed by atoms with Gasteiger partial charge in [0.1, 0.15) is 5.78 Å². The molecule has 0 bridgehead atoms. The van der Waals surface area contributed by atoms with Gasteiger partial charge in [0.15, 0.2) is 0 Å². The molecule has 0 aromatic rings. The zero-order valence-corrected chi connectivity index (χ0v) is 10.3. The molecule has 0 amide bonds. The van der Waals surface area contributed by atoms with E-state index in [-0.39, 0.29) is 5.92 Å². The molecule has 1 fully saturated rings. The number of ketones is 1. The number of rotatable bonds is 4. The number of carbonyl (C=O) groups excluding carboxylic acids is 1. The summed E-state index contributed by atoms with van der Waals surface area (Å²) in [4.78, 5) is 14.2. The van der Waals surface area contributed by atoms with Crippen LogP contribution in [0.4, 0.5) is 0 Å². The van der Waals surface area contributed by atoms with Gasteiger partial charge in [-0.05, 0) is 32.4 Å². The summed E-state index contributed by atoms with van der Waals surface area (Å²) < 4.78 is 0. The second-order valence-electron chi connectivity index (χ2n) is 4.82. The van der Waals surface area contributed by atoms with Crippen molar-refractivity contribution in [2.75, 3.05) is 19.6 Å². The average Bonchev–Trinajstić information content (AvgIpc) is 2.20. The summed E-state index contributed by atoms with van der Waals surface area (Å²) in [5, 5.41) is 0. The van der Waals surface area contributed by atoms with E-state index in [0.29, 0.717) is 12.3 Å². The van der Waals surface area contributed by atoms with E-state index in [0.717, 1.165) is 19.5 Å². The molecule has 0 radical (unpaired) electrons. The third-order valence-corrected chi connectivity index (χ3v) is 3.49. The van der Waals surface area contributed by atoms with E-state index in [4.69, 9.17) is 0 Å². The molecule has 1 aliphatic rings. The van der Waals surface area contributed by atoms with Gasteiger partial charge in [-0.25, -0.2) is 0 Å². The van der Waals surface area contributed by atoms with Crippen molar-refractivity contribution < 1.29 is 4.79 Å². The quantitative estimate of drug-likeness (QED) is 0.712. The number of hydrogen-bond acceptors (Lipinski definition) is 2. The van der Waals surface area contributed by atoms with E-state index in [1.807, 2.05) is 6.92 Å². The third kappa shape index (κ3) is 4.78. The Bertz CT molecular complexity index is 183. The van der Waals surface area contributed by atoms with Gasteiger partial charge in [0.2, 0.25) is 0 Å². The first-order valence-corrected chi connectivity index (χ1v) is 6.49. The smallest absolute Gasteiger partial charge is 0.149 e. The summed E-state index contributed by atoms with van der Waals surface area (Å²) in [7, 11) is 0. The number of nitrogens with zero attached hydrogens (tertiary/aromatic N) is 1. The van der Waals surface area contributed by atoms with Crippen LogP contribution in [0.15, 0.2) is 0 Å². The first kappa shape index (κ1) is 12.7. The van der Waals surface area contributed by atoms with Crippen LogP contribution in [0.1, 0.15) is 52.4 Å². The van der Waals surface area contributed by atoms with Crippen LogP contribution in [0.2, 0.25) is 0 Å². The molecule has 88 valence electrons. The van der Waals surface area contributed by atoms with Crippen LogP contribution in [0, 0.1) is 5.92 Å². The van der Waals surface area contributed by atoms with Crippen LogP contribution < -0.4 is 0 Å². The highest BCUT2D eigenvalue weighted by Crippen LogP contribution is 2.11. The normalized spacial score (nSPS) is 21.7. The van der Waals surface area contributed by atoms with Crippen molar-refractivity contribution in [3.63, 3.8) is 0 Å². The summed E-state index contributed by atoms with van der Waals surface area (Å²) in [5.74, 6) is 0.675. The predicted octanol–water partition coefficient (Wildman–Crippen LogP) is 2.87. The SMILES string of the molecule is CCC(C)C(=O)CN1CCCCCCC1. The molecule has 1 rings (SSSR count). The first-order valence-electron chi connectivity index (χ1n) is 6.49. The van der Waals surface area contributed by atoms with Crippen molar-refractivity contribution >= 4 is 5.78 Å². The molecule has 1 atom stereocenters. The number of Topliss-reactive ketones (excluding diaryl/α,β-unsaturated/α-hetero) is 1. The average molecular weight is 211 g/mol. The van der Waals surface area contributed by atoms with Crippen LogP contribution in [0.25, 0.3) is 0 Å². The van der Waals surface area contributed by atoms with Crippen LogP contribution >= 0.6 is 0 Å². The number of likely N-dealkylation sites (tertiary alicyclic amines) is 1. The van der Waals surface area contributed by atoms with Crippen LogP contribution in [-0.2, 0) is 4.79 Å². The third-order valence-electron chi connectivity index (χ3n) is 3.49. The largest absolute Gasteiger partial charge is 0.298 e. The molecule has 15 heavy (non-hydrogen) atoms. The molecule has 1 saturated heterocycles. The summed E-state index contributed by atoms with van der Waals surface area (Å²) in [6.45, 7) is 7.09. The summed E-state index contributed by atoms with van der Waals surface area (Å²) >= 11 is 0. The Kier molecular flexibility index (Phi) is 5.92. The van der Waals surface area contributed by atoms with Crippen molar-refractivity contribution in [2.24, 2.45) is 5.92 Å². The van der Waals surface area contributed by atoms with Gasteiger partial charge in [0.05, 0.1) is 6.54 Å². The van der Waals surface area contributed by atoms with Gasteiger partial charge in [-0.1, -0.05) is 33.1 Å². The Morgan fingerprint density at radius 3 is 2.20 bits per heavy atom. The molecular weight excluding hydrogens is 186 g/mol. The van der Waals surface area contributed by atoms with E-state index in [1.165, 1.54) is 32.1 Å². The van der Waals surface area contributed by atoms with Gasteiger partial charge in [-0.15, -0.1) is 0 Å². The lowest BCUT2D eigenvalue weighted by molar-refractivity contribution is -0.123. The van der Waals surface area contributed by atoms with E-state index < -0.39 is 0 Å². The fraction of sp³-hybridized carbons (Fsp3) is 0.923. The molecule has 0 N–H and O–H groups in total. The Morgan fingerprint density at radius 2 is 1.67 bits per heavy atom. The number of hydrogen-bond donors (Lipinski definition) is 0. The zero-order chi connectivity index (χ0) is 11.1. The van der Waals surface area contributed by atoms with Crippen molar-refractivity contribution in [3.8, 4) is 0 Å². The first-order chi connectivity index (χ1) is 7.24. The summed E-state index contributed by atoms with van der Waals surface area (Å²) in [6, 6.07) is 0.